The molecular weight excluding hydrogens is 626 g/mol. The van der Waals surface area contributed by atoms with Crippen molar-refractivity contribution in [3.05, 3.63) is 48.2 Å². The van der Waals surface area contributed by atoms with Crippen molar-refractivity contribution in [2.45, 2.75) is 43.2 Å². The second-order valence-corrected chi connectivity index (χ2v) is 12.8. The average Bonchev–Trinajstić information content (AvgIpc) is 3.77. The molecule has 10 nitrogen and oxygen atoms in total. The molecule has 1 amide bonds. The number of alkyl halides is 2. The van der Waals surface area contributed by atoms with Crippen molar-refractivity contribution >= 4 is 43.2 Å². The number of rotatable bonds is 7. The highest BCUT2D eigenvalue weighted by Gasteiger charge is 2.49. The first-order chi connectivity index (χ1) is 22.1. The number of anilines is 1. The lowest BCUT2D eigenvalue weighted by Gasteiger charge is -2.30. The Morgan fingerprint density at radius 2 is 2.09 bits per heavy atom. The van der Waals surface area contributed by atoms with E-state index in [2.05, 4.69) is 21.5 Å². The van der Waals surface area contributed by atoms with Gasteiger partial charge in [-0.1, -0.05) is 6.58 Å². The molecule has 0 aliphatic carbocycles. The SMILES string of the molecule is C=CC(=O)N1CC(F)C(Oc2nc(OCC34CCCN3CC(F)C4)nc3c(F)c(-c4ccc(F)c5sc(N)c(C#N)c45)ncc23)C1. The largest absolute Gasteiger partial charge is 0.469 e. The van der Waals surface area contributed by atoms with Gasteiger partial charge >= 0.3 is 6.01 Å². The number of ether oxygens (including phenoxy) is 2. The number of halogens is 4. The van der Waals surface area contributed by atoms with Gasteiger partial charge in [-0.15, -0.1) is 11.3 Å². The van der Waals surface area contributed by atoms with E-state index in [0.29, 0.717) is 13.0 Å². The fraction of sp³-hybridized carbons (Fsp3) is 0.387. The van der Waals surface area contributed by atoms with Gasteiger partial charge in [-0.05, 0) is 37.6 Å². The van der Waals surface area contributed by atoms with Crippen LogP contribution in [0.5, 0.6) is 11.9 Å². The van der Waals surface area contributed by atoms with Crippen molar-refractivity contribution in [1.29, 1.82) is 5.26 Å². The number of nitrogens with zero attached hydrogens (tertiary/aromatic N) is 6. The molecule has 3 fully saturated rings. The van der Waals surface area contributed by atoms with E-state index in [1.807, 2.05) is 11.0 Å². The maximum atomic E-state index is 16.5. The summed E-state index contributed by atoms with van der Waals surface area (Å²) >= 11 is 0.865. The zero-order valence-corrected chi connectivity index (χ0v) is 25.1. The van der Waals surface area contributed by atoms with E-state index < -0.39 is 41.5 Å². The number of nitrogen functional groups attached to an aromatic ring is 1. The number of carbonyl (C=O) groups excluding carboxylic acids is 1. The Bertz CT molecular complexity index is 1950. The van der Waals surface area contributed by atoms with Gasteiger partial charge in [0.1, 0.15) is 40.9 Å². The zero-order chi connectivity index (χ0) is 32.3. The van der Waals surface area contributed by atoms with Crippen LogP contribution in [0.25, 0.3) is 32.2 Å². The highest BCUT2D eigenvalue weighted by Crippen LogP contribution is 2.43. The molecule has 1 aromatic carbocycles. The standard InChI is InChI=1S/C31H27F4N7O3S/c1-2-22(43)41-12-20(34)21(13-41)45-29-18-10-38-25(16-4-5-19(33)27-23(16)17(9-36)28(37)46-27)24(35)26(18)39-30(40-29)44-14-31-6-3-7-42(31)11-15(32)8-31/h2,4-5,10,15,20-21H,1,3,6-8,11-14,37H2. The number of pyridine rings is 1. The minimum Gasteiger partial charge on any atom is -0.469 e. The number of benzene rings is 1. The third-order valence-corrected chi connectivity index (χ3v) is 10.0. The molecule has 238 valence electrons. The predicted molar refractivity (Wildman–Crippen MR) is 162 cm³/mol. The van der Waals surface area contributed by atoms with Crippen LogP contribution in [0.2, 0.25) is 0 Å². The third kappa shape index (κ3) is 4.87. The van der Waals surface area contributed by atoms with Crippen LogP contribution in [-0.4, -0.2) is 87.4 Å². The van der Waals surface area contributed by atoms with Crippen molar-refractivity contribution < 1.29 is 31.8 Å². The van der Waals surface area contributed by atoms with Crippen molar-refractivity contribution in [2.75, 3.05) is 38.5 Å². The van der Waals surface area contributed by atoms with Crippen LogP contribution in [0.1, 0.15) is 24.8 Å². The van der Waals surface area contributed by atoms with Crippen LogP contribution < -0.4 is 15.2 Å². The molecule has 3 aliphatic rings. The number of hydrogen-bond donors (Lipinski definition) is 1. The normalized spacial score (nSPS) is 24.4. The molecule has 4 atom stereocenters. The Labute approximate surface area is 264 Å². The number of hydrogen-bond acceptors (Lipinski definition) is 10. The number of nitriles is 1. The number of aromatic nitrogens is 3. The average molecular weight is 654 g/mol. The molecule has 4 unspecified atom stereocenters. The number of nitrogens with two attached hydrogens (primary N) is 1. The van der Waals surface area contributed by atoms with Gasteiger partial charge in [0.2, 0.25) is 11.8 Å². The molecule has 7 rings (SSSR count). The Morgan fingerprint density at radius 1 is 1.26 bits per heavy atom. The zero-order valence-electron chi connectivity index (χ0n) is 24.3. The van der Waals surface area contributed by atoms with E-state index >= 15 is 8.78 Å². The molecule has 3 saturated heterocycles. The van der Waals surface area contributed by atoms with E-state index in [-0.39, 0.29) is 80.8 Å². The van der Waals surface area contributed by atoms with Crippen molar-refractivity contribution in [3.8, 4) is 29.2 Å². The molecule has 46 heavy (non-hydrogen) atoms. The first-order valence-corrected chi connectivity index (χ1v) is 15.4. The molecule has 6 heterocycles. The summed E-state index contributed by atoms with van der Waals surface area (Å²) in [5.74, 6) is -2.28. The molecule has 0 radical (unpaired) electrons. The summed E-state index contributed by atoms with van der Waals surface area (Å²) in [6.45, 7) is 4.15. The Kier molecular flexibility index (Phi) is 7.44. The van der Waals surface area contributed by atoms with Gasteiger partial charge in [-0.25, -0.2) is 17.6 Å². The van der Waals surface area contributed by atoms with Crippen LogP contribution in [0.15, 0.2) is 31.0 Å². The van der Waals surface area contributed by atoms with Gasteiger partial charge in [0.05, 0.1) is 34.3 Å². The third-order valence-electron chi connectivity index (χ3n) is 8.99. The monoisotopic (exact) mass is 653 g/mol. The van der Waals surface area contributed by atoms with Crippen LogP contribution in [0.4, 0.5) is 22.6 Å². The summed E-state index contributed by atoms with van der Waals surface area (Å²) < 4.78 is 72.7. The van der Waals surface area contributed by atoms with Crippen LogP contribution in [-0.2, 0) is 4.79 Å². The van der Waals surface area contributed by atoms with Crippen LogP contribution >= 0.6 is 11.3 Å². The fourth-order valence-electron chi connectivity index (χ4n) is 6.80. The van der Waals surface area contributed by atoms with Gasteiger partial charge in [-0.2, -0.15) is 15.2 Å². The van der Waals surface area contributed by atoms with Gasteiger partial charge < -0.3 is 20.1 Å². The van der Waals surface area contributed by atoms with E-state index in [0.717, 1.165) is 36.4 Å². The summed E-state index contributed by atoms with van der Waals surface area (Å²) in [5, 5.41) is 9.91. The van der Waals surface area contributed by atoms with E-state index in [1.54, 1.807) is 0 Å². The quantitative estimate of drug-likeness (QED) is 0.223. The Morgan fingerprint density at radius 3 is 2.87 bits per heavy atom. The minimum atomic E-state index is -1.58. The number of amides is 1. The molecule has 3 aromatic heterocycles. The van der Waals surface area contributed by atoms with Crippen LogP contribution in [0, 0.1) is 23.0 Å². The summed E-state index contributed by atoms with van der Waals surface area (Å²) in [6.07, 6.45) is 0.428. The molecule has 4 aromatic rings. The van der Waals surface area contributed by atoms with Crippen molar-refractivity contribution in [3.63, 3.8) is 0 Å². The predicted octanol–water partition coefficient (Wildman–Crippen LogP) is 4.71. The Balaban J connectivity index is 1.33. The highest BCUT2D eigenvalue weighted by molar-refractivity contribution is 7.23. The maximum Gasteiger partial charge on any atom is 0.320 e. The number of carbonyl (C=O) groups is 1. The van der Waals surface area contributed by atoms with Gasteiger partial charge in [0, 0.05) is 30.1 Å². The molecule has 0 bridgehead atoms. The summed E-state index contributed by atoms with van der Waals surface area (Å²) in [6, 6.07) is 4.11. The number of fused-ring (bicyclic) bond motifs is 3. The first kappa shape index (κ1) is 30.1. The lowest BCUT2D eigenvalue weighted by molar-refractivity contribution is -0.125. The first-order valence-electron chi connectivity index (χ1n) is 14.6. The second kappa shape index (κ2) is 11.4. The summed E-state index contributed by atoms with van der Waals surface area (Å²) in [5.41, 5.74) is 4.99. The smallest absolute Gasteiger partial charge is 0.320 e. The van der Waals surface area contributed by atoms with E-state index in [9.17, 15) is 18.8 Å². The maximum absolute atomic E-state index is 16.5. The topological polar surface area (TPSA) is 130 Å². The van der Waals surface area contributed by atoms with Gasteiger partial charge in [-0.3, -0.25) is 14.7 Å². The summed E-state index contributed by atoms with van der Waals surface area (Å²) in [4.78, 5) is 28.4. The van der Waals surface area contributed by atoms with Crippen molar-refractivity contribution in [2.24, 2.45) is 0 Å². The van der Waals surface area contributed by atoms with Crippen molar-refractivity contribution in [1.82, 2.24) is 24.8 Å². The molecule has 3 aliphatic heterocycles. The lowest BCUT2D eigenvalue weighted by atomic mass is 9.95. The second-order valence-electron chi connectivity index (χ2n) is 11.7. The lowest BCUT2D eigenvalue weighted by Crippen LogP contribution is -2.43. The molecule has 2 N–H and O–H groups in total. The van der Waals surface area contributed by atoms with Crippen LogP contribution in [0.3, 0.4) is 0 Å². The van der Waals surface area contributed by atoms with E-state index in [4.69, 9.17) is 15.2 Å². The van der Waals surface area contributed by atoms with Gasteiger partial charge in [0.25, 0.3) is 0 Å². The summed E-state index contributed by atoms with van der Waals surface area (Å²) in [7, 11) is 0. The van der Waals surface area contributed by atoms with E-state index in [1.165, 1.54) is 17.2 Å². The molecule has 0 saturated carbocycles. The number of thiophene rings is 1. The highest BCUT2D eigenvalue weighted by atomic mass is 32.1. The van der Waals surface area contributed by atoms with Gasteiger partial charge in [0.15, 0.2) is 18.1 Å². The number of likely N-dealkylation sites (tertiary alicyclic amines) is 1. The fourth-order valence-corrected chi connectivity index (χ4v) is 7.75. The molecule has 15 heteroatoms. The molecular formula is C31H27F4N7O3S. The minimum absolute atomic E-state index is 0.0107. The Hall–Kier alpha value is -4.55. The molecule has 0 spiro atoms.